The fourth-order valence-corrected chi connectivity index (χ4v) is 3.86. The van der Waals surface area contributed by atoms with Gasteiger partial charge in [-0.2, -0.15) is 0 Å². The summed E-state index contributed by atoms with van der Waals surface area (Å²) in [5.41, 5.74) is 0. The number of rotatable bonds is 6. The first-order valence-corrected chi connectivity index (χ1v) is 8.65. The van der Waals surface area contributed by atoms with Gasteiger partial charge < -0.3 is 10.1 Å². The molecule has 0 spiro atoms. The van der Waals surface area contributed by atoms with E-state index in [0.717, 1.165) is 32.8 Å². The van der Waals surface area contributed by atoms with Crippen molar-refractivity contribution in [3.63, 3.8) is 0 Å². The first-order chi connectivity index (χ1) is 9.19. The molecule has 0 aromatic carbocycles. The maximum atomic E-state index is 5.72. The number of ether oxygens (including phenoxy) is 1. The molecule has 1 aliphatic rings. The quantitative estimate of drug-likeness (QED) is 0.801. The molecule has 0 amide bonds. The van der Waals surface area contributed by atoms with Crippen molar-refractivity contribution < 1.29 is 4.74 Å². The highest BCUT2D eigenvalue weighted by atomic mass is 79.9. The van der Waals surface area contributed by atoms with Crippen LogP contribution in [0.15, 0.2) is 15.9 Å². The number of thiophene rings is 1. The van der Waals surface area contributed by atoms with Gasteiger partial charge in [-0.3, -0.25) is 4.90 Å². The summed E-state index contributed by atoms with van der Waals surface area (Å²) in [6, 6.07) is 2.78. The summed E-state index contributed by atoms with van der Waals surface area (Å²) in [5.74, 6) is 0. The van der Waals surface area contributed by atoms with Crippen LogP contribution in [-0.2, 0) is 11.3 Å². The average Bonchev–Trinajstić information content (AvgIpc) is 2.81. The van der Waals surface area contributed by atoms with Gasteiger partial charge in [0.05, 0.1) is 12.7 Å². The van der Waals surface area contributed by atoms with Crippen LogP contribution < -0.4 is 5.32 Å². The van der Waals surface area contributed by atoms with Gasteiger partial charge in [-0.15, -0.1) is 11.3 Å². The van der Waals surface area contributed by atoms with E-state index < -0.39 is 0 Å². The molecular weight excluding hydrogens is 324 g/mol. The van der Waals surface area contributed by atoms with Crippen molar-refractivity contribution in [2.45, 2.75) is 39.0 Å². The molecule has 1 fully saturated rings. The zero-order chi connectivity index (χ0) is 13.7. The van der Waals surface area contributed by atoms with Gasteiger partial charge in [0.15, 0.2) is 0 Å². The Morgan fingerprint density at radius 2 is 2.42 bits per heavy atom. The van der Waals surface area contributed by atoms with E-state index in [-0.39, 0.29) is 0 Å². The summed E-state index contributed by atoms with van der Waals surface area (Å²) in [6.45, 7) is 9.47. The van der Waals surface area contributed by atoms with E-state index >= 15 is 0 Å². The molecule has 0 aliphatic carbocycles. The maximum absolute atomic E-state index is 5.72. The normalized spacial score (nSPS) is 24.8. The Morgan fingerprint density at radius 1 is 1.58 bits per heavy atom. The zero-order valence-electron chi connectivity index (χ0n) is 11.7. The Morgan fingerprint density at radius 3 is 3.11 bits per heavy atom. The third-order valence-corrected chi connectivity index (χ3v) is 5.25. The molecule has 2 atom stereocenters. The molecule has 5 heteroatoms. The molecule has 1 saturated heterocycles. The third kappa shape index (κ3) is 4.83. The molecule has 1 aromatic heterocycles. The Hall–Kier alpha value is 0.0600. The van der Waals surface area contributed by atoms with Crippen molar-refractivity contribution in [2.75, 3.05) is 26.2 Å². The van der Waals surface area contributed by atoms with E-state index in [0.29, 0.717) is 12.1 Å². The Balaban J connectivity index is 1.69. The third-order valence-electron chi connectivity index (χ3n) is 3.55. The first kappa shape index (κ1) is 15.4. The van der Waals surface area contributed by atoms with Crippen molar-refractivity contribution in [3.8, 4) is 0 Å². The van der Waals surface area contributed by atoms with E-state index in [1.165, 1.54) is 15.8 Å². The summed E-state index contributed by atoms with van der Waals surface area (Å²) < 4.78 is 6.91. The standard InChI is InChI=1S/C14H23BrN2OS/c1-3-13-9-18-11(2)8-17(13)5-4-16-7-14-6-12(15)10-19-14/h6,10-11,13,16H,3-5,7-9H2,1-2H3. The molecule has 19 heavy (non-hydrogen) atoms. The summed E-state index contributed by atoms with van der Waals surface area (Å²) in [5, 5.41) is 5.66. The van der Waals surface area contributed by atoms with Crippen LogP contribution in [0.2, 0.25) is 0 Å². The van der Waals surface area contributed by atoms with Crippen LogP contribution in [0.5, 0.6) is 0 Å². The lowest BCUT2D eigenvalue weighted by Gasteiger charge is -2.38. The van der Waals surface area contributed by atoms with Gasteiger partial charge in [-0.05, 0) is 35.3 Å². The average molecular weight is 347 g/mol. The number of morpholine rings is 1. The molecule has 0 radical (unpaired) electrons. The lowest BCUT2D eigenvalue weighted by molar-refractivity contribution is -0.0551. The van der Waals surface area contributed by atoms with Crippen molar-refractivity contribution >= 4 is 27.3 Å². The minimum atomic E-state index is 0.371. The number of hydrogen-bond donors (Lipinski definition) is 1. The molecule has 1 aromatic rings. The van der Waals surface area contributed by atoms with Crippen LogP contribution in [0.1, 0.15) is 25.1 Å². The highest BCUT2D eigenvalue weighted by Crippen LogP contribution is 2.19. The fraction of sp³-hybridized carbons (Fsp3) is 0.714. The Bertz CT molecular complexity index is 385. The van der Waals surface area contributed by atoms with Crippen molar-refractivity contribution in [1.29, 1.82) is 0 Å². The number of hydrogen-bond acceptors (Lipinski definition) is 4. The Labute approximate surface area is 128 Å². The van der Waals surface area contributed by atoms with Gasteiger partial charge in [-0.25, -0.2) is 0 Å². The molecule has 1 N–H and O–H groups in total. The minimum absolute atomic E-state index is 0.371. The highest BCUT2D eigenvalue weighted by molar-refractivity contribution is 9.10. The number of nitrogens with zero attached hydrogens (tertiary/aromatic N) is 1. The second-order valence-corrected chi connectivity index (χ2v) is 7.02. The van der Waals surface area contributed by atoms with E-state index in [1.807, 2.05) is 0 Å². The first-order valence-electron chi connectivity index (χ1n) is 6.98. The maximum Gasteiger partial charge on any atom is 0.0674 e. The van der Waals surface area contributed by atoms with Crippen LogP contribution in [0.3, 0.4) is 0 Å². The van der Waals surface area contributed by atoms with E-state index in [4.69, 9.17) is 4.74 Å². The molecule has 2 rings (SSSR count). The number of nitrogens with one attached hydrogen (secondary N) is 1. The van der Waals surface area contributed by atoms with E-state index in [1.54, 1.807) is 11.3 Å². The fourth-order valence-electron chi connectivity index (χ4n) is 2.44. The molecular formula is C14H23BrN2OS. The van der Waals surface area contributed by atoms with Gasteiger partial charge in [-0.1, -0.05) is 6.92 Å². The lowest BCUT2D eigenvalue weighted by atomic mass is 10.1. The van der Waals surface area contributed by atoms with E-state index in [9.17, 15) is 0 Å². The van der Waals surface area contributed by atoms with Gasteiger partial charge in [0.25, 0.3) is 0 Å². The van der Waals surface area contributed by atoms with Crippen LogP contribution in [0.4, 0.5) is 0 Å². The second-order valence-electron chi connectivity index (χ2n) is 5.11. The summed E-state index contributed by atoms with van der Waals surface area (Å²) in [7, 11) is 0. The molecule has 1 aliphatic heterocycles. The topological polar surface area (TPSA) is 24.5 Å². The highest BCUT2D eigenvalue weighted by Gasteiger charge is 2.24. The molecule has 108 valence electrons. The summed E-state index contributed by atoms with van der Waals surface area (Å²) >= 11 is 5.29. The van der Waals surface area contributed by atoms with Gasteiger partial charge >= 0.3 is 0 Å². The SMILES string of the molecule is CCC1COC(C)CN1CCNCc1cc(Br)cs1. The Kier molecular flexibility index (Phi) is 6.29. The molecule has 0 bridgehead atoms. The van der Waals surface area contributed by atoms with Crippen LogP contribution in [0.25, 0.3) is 0 Å². The molecule has 3 nitrogen and oxygen atoms in total. The molecule has 2 heterocycles. The van der Waals surface area contributed by atoms with Crippen molar-refractivity contribution in [3.05, 3.63) is 20.8 Å². The number of halogens is 1. The molecule has 0 saturated carbocycles. The van der Waals surface area contributed by atoms with Crippen LogP contribution >= 0.6 is 27.3 Å². The summed E-state index contributed by atoms with van der Waals surface area (Å²) in [4.78, 5) is 3.94. The van der Waals surface area contributed by atoms with Gasteiger partial charge in [0.2, 0.25) is 0 Å². The second kappa shape index (κ2) is 7.74. The predicted octanol–water partition coefficient (Wildman–Crippen LogP) is 3.10. The largest absolute Gasteiger partial charge is 0.376 e. The predicted molar refractivity (Wildman–Crippen MR) is 84.8 cm³/mol. The van der Waals surface area contributed by atoms with E-state index in [2.05, 4.69) is 51.4 Å². The zero-order valence-corrected chi connectivity index (χ0v) is 14.1. The van der Waals surface area contributed by atoms with Crippen LogP contribution in [-0.4, -0.2) is 43.3 Å². The lowest BCUT2D eigenvalue weighted by Crippen LogP contribution is -2.50. The minimum Gasteiger partial charge on any atom is -0.376 e. The smallest absolute Gasteiger partial charge is 0.0674 e. The monoisotopic (exact) mass is 346 g/mol. The van der Waals surface area contributed by atoms with Gasteiger partial charge in [0.1, 0.15) is 0 Å². The van der Waals surface area contributed by atoms with Crippen molar-refractivity contribution in [1.82, 2.24) is 10.2 Å². The van der Waals surface area contributed by atoms with Gasteiger partial charge in [0, 0.05) is 47.0 Å². The summed E-state index contributed by atoms with van der Waals surface area (Å²) in [6.07, 6.45) is 1.54. The van der Waals surface area contributed by atoms with Crippen LogP contribution in [0, 0.1) is 0 Å². The molecule has 2 unspecified atom stereocenters. The van der Waals surface area contributed by atoms with Crippen molar-refractivity contribution in [2.24, 2.45) is 0 Å².